The highest BCUT2D eigenvalue weighted by atomic mass is 79.9. The molecule has 0 fully saturated rings. The van der Waals surface area contributed by atoms with Crippen molar-refractivity contribution in [2.24, 2.45) is 0 Å². The molecule has 2 N–H and O–H groups in total. The van der Waals surface area contributed by atoms with Gasteiger partial charge in [-0.1, -0.05) is 15.9 Å². The summed E-state index contributed by atoms with van der Waals surface area (Å²) in [6, 6.07) is 7.53. The van der Waals surface area contributed by atoms with Crippen LogP contribution in [0.4, 0.5) is 11.6 Å². The zero-order valence-corrected chi connectivity index (χ0v) is 14.7. The average molecular weight is 399 g/mol. The molecule has 1 aromatic heterocycles. The van der Waals surface area contributed by atoms with Crippen molar-refractivity contribution < 1.29 is 13.2 Å². The monoisotopic (exact) mass is 398 g/mol. The Morgan fingerprint density at radius 2 is 1.91 bits per heavy atom. The molecule has 0 unspecified atom stereocenters. The van der Waals surface area contributed by atoms with Crippen LogP contribution in [0.2, 0.25) is 0 Å². The zero-order valence-electron chi connectivity index (χ0n) is 12.3. The molecular weight excluding hydrogens is 384 g/mol. The second kappa shape index (κ2) is 7.51. The quantitative estimate of drug-likeness (QED) is 0.726. The van der Waals surface area contributed by atoms with Crippen LogP contribution < -0.4 is 10.0 Å². The van der Waals surface area contributed by atoms with Gasteiger partial charge in [-0.25, -0.2) is 23.1 Å². The molecule has 2 rings (SSSR count). The van der Waals surface area contributed by atoms with Crippen LogP contribution in [0.3, 0.4) is 0 Å². The van der Waals surface area contributed by atoms with E-state index in [1.165, 1.54) is 30.5 Å². The lowest BCUT2D eigenvalue weighted by molar-refractivity contribution is -0.115. The number of carbonyl (C=O) groups is 1. The fourth-order valence-electron chi connectivity index (χ4n) is 1.70. The number of rotatable bonds is 6. The van der Waals surface area contributed by atoms with Gasteiger partial charge in [0.25, 0.3) is 10.0 Å². The standard InChI is InChI=1S/C14H15BrN4O3S/c1-10-7-9-16-14(17-10)19-23(21,22)12-4-2-11(3-5-12)18-13(20)6-8-15/h2-5,7,9H,6,8H2,1H3,(H,18,20)(H,16,17,19). The van der Waals surface area contributed by atoms with E-state index in [9.17, 15) is 13.2 Å². The molecule has 0 saturated heterocycles. The number of alkyl halides is 1. The van der Waals surface area contributed by atoms with Crippen LogP contribution in [0.25, 0.3) is 0 Å². The second-order valence-corrected chi connectivity index (χ2v) is 7.11. The number of aromatic nitrogens is 2. The van der Waals surface area contributed by atoms with Gasteiger partial charge in [0.15, 0.2) is 0 Å². The number of sulfonamides is 1. The topological polar surface area (TPSA) is 101 Å². The van der Waals surface area contributed by atoms with Crippen molar-refractivity contribution in [1.29, 1.82) is 0 Å². The van der Waals surface area contributed by atoms with Gasteiger partial charge in [-0.2, -0.15) is 0 Å². The van der Waals surface area contributed by atoms with E-state index in [1.807, 2.05) is 0 Å². The Morgan fingerprint density at radius 3 is 2.52 bits per heavy atom. The molecule has 23 heavy (non-hydrogen) atoms. The summed E-state index contributed by atoms with van der Waals surface area (Å²) in [6.07, 6.45) is 1.81. The Bertz CT molecular complexity index is 794. The van der Waals surface area contributed by atoms with Gasteiger partial charge in [0.2, 0.25) is 11.9 Å². The average Bonchev–Trinajstić information content (AvgIpc) is 2.47. The van der Waals surface area contributed by atoms with Gasteiger partial charge in [0, 0.05) is 29.3 Å². The lowest BCUT2D eigenvalue weighted by Crippen LogP contribution is -2.15. The first kappa shape index (κ1) is 17.4. The normalized spacial score (nSPS) is 11.0. The number of hydrogen-bond acceptors (Lipinski definition) is 5. The van der Waals surface area contributed by atoms with E-state index in [0.717, 1.165) is 0 Å². The zero-order chi connectivity index (χ0) is 16.9. The molecule has 0 aliphatic carbocycles. The minimum absolute atomic E-state index is 0.0136. The lowest BCUT2D eigenvalue weighted by atomic mass is 10.3. The van der Waals surface area contributed by atoms with Gasteiger partial charge in [0.1, 0.15) is 0 Å². The van der Waals surface area contributed by atoms with Crippen molar-refractivity contribution in [3.8, 4) is 0 Å². The molecule has 0 aliphatic rings. The SMILES string of the molecule is Cc1ccnc(NS(=O)(=O)c2ccc(NC(=O)CCBr)cc2)n1. The predicted octanol–water partition coefficient (Wildman–Crippen LogP) is 2.31. The van der Waals surface area contributed by atoms with E-state index in [2.05, 4.69) is 35.9 Å². The summed E-state index contributed by atoms with van der Waals surface area (Å²) in [5, 5.41) is 3.23. The molecule has 2 aromatic rings. The maximum absolute atomic E-state index is 12.3. The number of anilines is 2. The summed E-state index contributed by atoms with van der Waals surface area (Å²) in [4.78, 5) is 19.4. The third kappa shape index (κ3) is 5.00. The molecule has 0 atom stereocenters. The highest BCUT2D eigenvalue weighted by Crippen LogP contribution is 2.16. The predicted molar refractivity (Wildman–Crippen MR) is 91.1 cm³/mol. The summed E-state index contributed by atoms with van der Waals surface area (Å²) >= 11 is 3.18. The molecule has 9 heteroatoms. The molecule has 0 bridgehead atoms. The maximum atomic E-state index is 12.3. The smallest absolute Gasteiger partial charge is 0.264 e. The Balaban J connectivity index is 2.12. The molecule has 0 aliphatic heterocycles. The van der Waals surface area contributed by atoms with E-state index in [1.54, 1.807) is 13.0 Å². The maximum Gasteiger partial charge on any atom is 0.264 e. The first-order valence-electron chi connectivity index (χ1n) is 6.69. The fraction of sp³-hybridized carbons (Fsp3) is 0.214. The van der Waals surface area contributed by atoms with Crippen LogP contribution in [0.1, 0.15) is 12.1 Å². The number of nitrogens with zero attached hydrogens (tertiary/aromatic N) is 2. The van der Waals surface area contributed by atoms with Crippen LogP contribution in [-0.4, -0.2) is 29.6 Å². The van der Waals surface area contributed by atoms with Crippen molar-refractivity contribution in [2.75, 3.05) is 15.4 Å². The number of carbonyl (C=O) groups excluding carboxylic acids is 1. The van der Waals surface area contributed by atoms with Crippen LogP contribution in [-0.2, 0) is 14.8 Å². The van der Waals surface area contributed by atoms with Crippen molar-refractivity contribution in [3.05, 3.63) is 42.2 Å². The van der Waals surface area contributed by atoms with Crippen LogP contribution in [0.5, 0.6) is 0 Å². The summed E-state index contributed by atoms with van der Waals surface area (Å²) < 4.78 is 26.8. The van der Waals surface area contributed by atoms with Crippen LogP contribution in [0, 0.1) is 6.92 Å². The molecule has 1 heterocycles. The van der Waals surface area contributed by atoms with Gasteiger partial charge < -0.3 is 5.32 Å². The van der Waals surface area contributed by atoms with Gasteiger partial charge in [-0.15, -0.1) is 0 Å². The van der Waals surface area contributed by atoms with Gasteiger partial charge in [0.05, 0.1) is 4.90 Å². The van der Waals surface area contributed by atoms with Crippen LogP contribution >= 0.6 is 15.9 Å². The van der Waals surface area contributed by atoms with E-state index >= 15 is 0 Å². The number of benzene rings is 1. The molecule has 7 nitrogen and oxygen atoms in total. The number of halogens is 1. The van der Waals surface area contributed by atoms with Crippen molar-refractivity contribution >= 4 is 43.5 Å². The van der Waals surface area contributed by atoms with Gasteiger partial charge in [-0.05, 0) is 37.3 Å². The minimum atomic E-state index is -3.78. The van der Waals surface area contributed by atoms with Gasteiger partial charge >= 0.3 is 0 Å². The second-order valence-electron chi connectivity index (χ2n) is 4.64. The summed E-state index contributed by atoms with van der Waals surface area (Å²) in [5.74, 6) is -0.136. The lowest BCUT2D eigenvalue weighted by Gasteiger charge is -2.08. The molecule has 1 amide bonds. The van der Waals surface area contributed by atoms with Crippen LogP contribution in [0.15, 0.2) is 41.4 Å². The molecular formula is C14H15BrN4O3S. The first-order chi connectivity index (χ1) is 10.9. The molecule has 122 valence electrons. The number of nitrogens with one attached hydrogen (secondary N) is 2. The molecule has 1 aromatic carbocycles. The third-order valence-electron chi connectivity index (χ3n) is 2.79. The fourth-order valence-corrected chi connectivity index (χ4v) is 3.01. The van der Waals surface area contributed by atoms with E-state index in [-0.39, 0.29) is 16.8 Å². The van der Waals surface area contributed by atoms with E-state index < -0.39 is 10.0 Å². The number of aryl methyl sites for hydroxylation is 1. The largest absolute Gasteiger partial charge is 0.326 e. The summed E-state index contributed by atoms with van der Waals surface area (Å²) in [7, 11) is -3.78. The summed E-state index contributed by atoms with van der Waals surface area (Å²) in [5.41, 5.74) is 1.18. The van der Waals surface area contributed by atoms with Crippen molar-refractivity contribution in [2.45, 2.75) is 18.2 Å². The Morgan fingerprint density at radius 1 is 1.22 bits per heavy atom. The molecule has 0 saturated carbocycles. The first-order valence-corrected chi connectivity index (χ1v) is 9.29. The van der Waals surface area contributed by atoms with Crippen molar-refractivity contribution in [3.63, 3.8) is 0 Å². The van der Waals surface area contributed by atoms with Gasteiger partial charge in [-0.3, -0.25) is 4.79 Å². The van der Waals surface area contributed by atoms with Crippen molar-refractivity contribution in [1.82, 2.24) is 9.97 Å². The van der Waals surface area contributed by atoms with E-state index in [0.29, 0.717) is 23.1 Å². The minimum Gasteiger partial charge on any atom is -0.326 e. The number of amides is 1. The van der Waals surface area contributed by atoms with E-state index in [4.69, 9.17) is 0 Å². The number of hydrogen-bond donors (Lipinski definition) is 2. The Kier molecular flexibility index (Phi) is 5.67. The third-order valence-corrected chi connectivity index (χ3v) is 4.53. The molecule has 0 radical (unpaired) electrons. The Labute approximate surface area is 142 Å². The highest BCUT2D eigenvalue weighted by Gasteiger charge is 2.15. The molecule has 0 spiro atoms. The highest BCUT2D eigenvalue weighted by molar-refractivity contribution is 9.09. The summed E-state index contributed by atoms with van der Waals surface area (Å²) in [6.45, 7) is 1.74. The Hall–Kier alpha value is -2.00.